The molecule has 2 atom stereocenters. The predicted octanol–water partition coefficient (Wildman–Crippen LogP) is 0.272. The molecule has 0 saturated heterocycles. The Morgan fingerprint density at radius 3 is 2.47 bits per heavy atom. The molecular weight excluding hydrogens is 270 g/mol. The average Bonchev–Trinajstić information content (AvgIpc) is 2.76. The molecule has 0 aromatic carbocycles. The van der Waals surface area contributed by atoms with E-state index in [4.69, 9.17) is 5.11 Å². The molecular formula is C12H21NO5S. The fraction of sp³-hybridized carbons (Fsp3) is 0.917. The van der Waals surface area contributed by atoms with Crippen molar-refractivity contribution < 1.29 is 23.4 Å². The molecule has 0 aromatic heterocycles. The van der Waals surface area contributed by atoms with E-state index in [1.165, 1.54) is 11.4 Å². The Hall–Kier alpha value is -0.660. The normalized spacial score (nSPS) is 35.3. The van der Waals surface area contributed by atoms with Crippen molar-refractivity contribution in [2.45, 2.75) is 43.5 Å². The minimum atomic E-state index is -3.55. The Kier molecular flexibility index (Phi) is 4.17. The van der Waals surface area contributed by atoms with Crippen molar-refractivity contribution in [1.29, 1.82) is 0 Å². The molecule has 0 aliphatic heterocycles. The average molecular weight is 291 g/mol. The zero-order valence-corrected chi connectivity index (χ0v) is 11.8. The zero-order chi connectivity index (χ0) is 14.2. The number of carboxylic acids is 1. The number of sulfonamides is 1. The van der Waals surface area contributed by atoms with E-state index >= 15 is 0 Å². The van der Waals surface area contributed by atoms with Crippen molar-refractivity contribution in [1.82, 2.24) is 4.31 Å². The number of aliphatic hydroxyl groups excluding tert-OH is 1. The molecule has 2 aliphatic rings. The van der Waals surface area contributed by atoms with Gasteiger partial charge in [0.1, 0.15) is 0 Å². The molecule has 2 rings (SSSR count). The maximum absolute atomic E-state index is 12.4. The Labute approximate surface area is 113 Å². The SMILES string of the molecule is CN(CC1CC(O)C1)S(=O)(=O)C1CCCC1C(=O)O. The van der Waals surface area contributed by atoms with Gasteiger partial charge in [-0.1, -0.05) is 6.42 Å². The van der Waals surface area contributed by atoms with Crippen molar-refractivity contribution in [3.63, 3.8) is 0 Å². The quantitative estimate of drug-likeness (QED) is 0.758. The highest BCUT2D eigenvalue weighted by Gasteiger charge is 2.44. The molecule has 0 spiro atoms. The van der Waals surface area contributed by atoms with Crippen LogP contribution in [0.25, 0.3) is 0 Å². The van der Waals surface area contributed by atoms with Gasteiger partial charge in [-0.15, -0.1) is 0 Å². The third kappa shape index (κ3) is 2.93. The first-order chi connectivity index (χ1) is 8.82. The highest BCUT2D eigenvalue weighted by Crippen LogP contribution is 2.34. The monoisotopic (exact) mass is 291 g/mol. The molecule has 19 heavy (non-hydrogen) atoms. The van der Waals surface area contributed by atoms with Crippen molar-refractivity contribution in [2.75, 3.05) is 13.6 Å². The summed E-state index contributed by atoms with van der Waals surface area (Å²) in [7, 11) is -2.04. The fourth-order valence-corrected chi connectivity index (χ4v) is 5.13. The molecule has 2 saturated carbocycles. The van der Waals surface area contributed by atoms with E-state index in [0.717, 1.165) is 0 Å². The standard InChI is InChI=1S/C12H21NO5S/c1-13(7-8-5-9(14)6-8)19(17,18)11-4-2-3-10(11)12(15)16/h8-11,14H,2-7H2,1H3,(H,15,16). The Balaban J connectivity index is 2.02. The Morgan fingerprint density at radius 2 is 1.95 bits per heavy atom. The summed E-state index contributed by atoms with van der Waals surface area (Å²) in [5.74, 6) is -1.60. The molecule has 0 aromatic rings. The van der Waals surface area contributed by atoms with E-state index in [0.29, 0.717) is 38.6 Å². The summed E-state index contributed by atoms with van der Waals surface area (Å²) in [5, 5.41) is 17.5. The molecule has 6 nitrogen and oxygen atoms in total. The van der Waals surface area contributed by atoms with Gasteiger partial charge in [0.25, 0.3) is 0 Å². The molecule has 2 N–H and O–H groups in total. The first-order valence-corrected chi connectivity index (χ1v) is 8.18. The molecule has 2 aliphatic carbocycles. The van der Waals surface area contributed by atoms with Gasteiger partial charge in [0.15, 0.2) is 0 Å². The Morgan fingerprint density at radius 1 is 1.32 bits per heavy atom. The number of rotatable bonds is 5. The first kappa shape index (κ1) is 14.7. The second-order valence-corrected chi connectivity index (χ2v) is 7.99. The summed E-state index contributed by atoms with van der Waals surface area (Å²) in [5.41, 5.74) is 0. The molecule has 7 heteroatoms. The van der Waals surface area contributed by atoms with Crippen LogP contribution < -0.4 is 0 Å². The van der Waals surface area contributed by atoms with E-state index in [-0.39, 0.29) is 12.0 Å². The molecule has 0 amide bonds. The molecule has 0 radical (unpaired) electrons. The van der Waals surface area contributed by atoms with Gasteiger partial charge in [-0.25, -0.2) is 12.7 Å². The molecule has 2 fully saturated rings. The van der Waals surface area contributed by atoms with Crippen LogP contribution in [0.4, 0.5) is 0 Å². The summed E-state index contributed by atoms with van der Waals surface area (Å²) in [6, 6.07) is 0. The summed E-state index contributed by atoms with van der Waals surface area (Å²) >= 11 is 0. The van der Waals surface area contributed by atoms with Crippen LogP contribution in [0.15, 0.2) is 0 Å². The first-order valence-electron chi connectivity index (χ1n) is 6.68. The van der Waals surface area contributed by atoms with Gasteiger partial charge < -0.3 is 10.2 Å². The number of aliphatic carboxylic acids is 1. The summed E-state index contributed by atoms with van der Waals surface area (Å²) in [4.78, 5) is 11.1. The zero-order valence-electron chi connectivity index (χ0n) is 11.0. The van der Waals surface area contributed by atoms with E-state index < -0.39 is 27.2 Å². The second-order valence-electron chi connectivity index (χ2n) is 5.73. The number of carbonyl (C=O) groups is 1. The van der Waals surface area contributed by atoms with Crippen LogP contribution >= 0.6 is 0 Å². The molecule has 0 heterocycles. The van der Waals surface area contributed by atoms with Crippen molar-refractivity contribution in [3.05, 3.63) is 0 Å². The minimum Gasteiger partial charge on any atom is -0.481 e. The van der Waals surface area contributed by atoms with Crippen LogP contribution in [0.5, 0.6) is 0 Å². The van der Waals surface area contributed by atoms with Crippen LogP contribution in [-0.4, -0.2) is 53.9 Å². The minimum absolute atomic E-state index is 0.194. The van der Waals surface area contributed by atoms with Gasteiger partial charge in [0.05, 0.1) is 17.3 Å². The van der Waals surface area contributed by atoms with Gasteiger partial charge >= 0.3 is 5.97 Å². The van der Waals surface area contributed by atoms with Crippen LogP contribution in [0.2, 0.25) is 0 Å². The Bertz CT molecular complexity index is 443. The fourth-order valence-electron chi connectivity index (χ4n) is 3.11. The molecule has 2 unspecified atom stereocenters. The highest BCUT2D eigenvalue weighted by atomic mass is 32.2. The number of hydrogen-bond donors (Lipinski definition) is 2. The smallest absolute Gasteiger partial charge is 0.307 e. The van der Waals surface area contributed by atoms with Gasteiger partial charge in [-0.2, -0.15) is 0 Å². The van der Waals surface area contributed by atoms with E-state index in [1.807, 2.05) is 0 Å². The van der Waals surface area contributed by atoms with E-state index in [1.54, 1.807) is 0 Å². The van der Waals surface area contributed by atoms with E-state index in [2.05, 4.69) is 0 Å². The second kappa shape index (κ2) is 5.38. The van der Waals surface area contributed by atoms with Crippen LogP contribution in [0.3, 0.4) is 0 Å². The summed E-state index contributed by atoms with van der Waals surface area (Å²) in [6.07, 6.45) is 2.47. The van der Waals surface area contributed by atoms with Crippen LogP contribution in [0, 0.1) is 11.8 Å². The number of hydrogen-bond acceptors (Lipinski definition) is 4. The topological polar surface area (TPSA) is 94.9 Å². The van der Waals surface area contributed by atoms with Gasteiger partial charge in [0.2, 0.25) is 10.0 Å². The third-order valence-electron chi connectivity index (χ3n) is 4.31. The van der Waals surface area contributed by atoms with Gasteiger partial charge in [-0.3, -0.25) is 4.79 Å². The van der Waals surface area contributed by atoms with Gasteiger partial charge in [0, 0.05) is 13.6 Å². The number of aliphatic hydroxyl groups is 1. The number of nitrogens with zero attached hydrogens (tertiary/aromatic N) is 1. The maximum atomic E-state index is 12.4. The van der Waals surface area contributed by atoms with E-state index in [9.17, 15) is 18.3 Å². The summed E-state index contributed by atoms with van der Waals surface area (Å²) in [6.45, 7) is 0.377. The third-order valence-corrected chi connectivity index (χ3v) is 6.66. The largest absolute Gasteiger partial charge is 0.481 e. The lowest BCUT2D eigenvalue weighted by Crippen LogP contribution is -2.44. The predicted molar refractivity (Wildman–Crippen MR) is 69.0 cm³/mol. The lowest BCUT2D eigenvalue weighted by Gasteiger charge is -2.35. The van der Waals surface area contributed by atoms with Crippen LogP contribution in [0.1, 0.15) is 32.1 Å². The molecule has 0 bridgehead atoms. The highest BCUT2D eigenvalue weighted by molar-refractivity contribution is 7.89. The van der Waals surface area contributed by atoms with Gasteiger partial charge in [-0.05, 0) is 31.6 Å². The lowest BCUT2D eigenvalue weighted by atomic mass is 9.82. The lowest BCUT2D eigenvalue weighted by molar-refractivity contribution is -0.141. The van der Waals surface area contributed by atoms with Crippen molar-refractivity contribution in [2.24, 2.45) is 11.8 Å². The maximum Gasteiger partial charge on any atom is 0.307 e. The van der Waals surface area contributed by atoms with Crippen molar-refractivity contribution in [3.8, 4) is 0 Å². The molecule has 110 valence electrons. The number of carboxylic acid groups (broad SMARTS) is 1. The summed E-state index contributed by atoms with van der Waals surface area (Å²) < 4.78 is 26.1. The van der Waals surface area contributed by atoms with Crippen LogP contribution in [-0.2, 0) is 14.8 Å². The van der Waals surface area contributed by atoms with Crippen molar-refractivity contribution >= 4 is 16.0 Å².